The van der Waals surface area contributed by atoms with Gasteiger partial charge in [0.05, 0.1) is 6.42 Å². The summed E-state index contributed by atoms with van der Waals surface area (Å²) in [6, 6.07) is 0.0454. The number of amides is 1. The van der Waals surface area contributed by atoms with Gasteiger partial charge in [-0.15, -0.1) is 0 Å². The van der Waals surface area contributed by atoms with Gasteiger partial charge in [-0.2, -0.15) is 0 Å². The quantitative estimate of drug-likeness (QED) is 0.796. The van der Waals surface area contributed by atoms with Gasteiger partial charge in [-0.1, -0.05) is 27.7 Å². The average molecular weight is 257 g/mol. The topological polar surface area (TPSA) is 57.6 Å². The van der Waals surface area contributed by atoms with Gasteiger partial charge in [0.15, 0.2) is 0 Å². The largest absolute Gasteiger partial charge is 0.481 e. The Labute approximate surface area is 110 Å². The van der Waals surface area contributed by atoms with E-state index in [9.17, 15) is 9.59 Å². The fourth-order valence-corrected chi connectivity index (χ4v) is 1.57. The number of carboxylic acids is 1. The highest BCUT2D eigenvalue weighted by molar-refractivity contribution is 5.77. The minimum atomic E-state index is -0.864. The first-order valence-corrected chi connectivity index (χ1v) is 6.57. The number of nitrogens with zero attached hydrogens (tertiary/aromatic N) is 1. The van der Waals surface area contributed by atoms with Crippen molar-refractivity contribution in [1.82, 2.24) is 4.90 Å². The Kier molecular flexibility index (Phi) is 6.36. The number of carbonyl (C=O) groups excluding carboxylic acids is 1. The Morgan fingerprint density at radius 1 is 1.17 bits per heavy atom. The van der Waals surface area contributed by atoms with Crippen LogP contribution < -0.4 is 0 Å². The molecule has 0 aliphatic heterocycles. The predicted molar refractivity (Wildman–Crippen MR) is 72.3 cm³/mol. The van der Waals surface area contributed by atoms with E-state index in [4.69, 9.17) is 5.11 Å². The maximum atomic E-state index is 12.2. The highest BCUT2D eigenvalue weighted by Crippen LogP contribution is 2.28. The summed E-state index contributed by atoms with van der Waals surface area (Å²) < 4.78 is 0. The van der Waals surface area contributed by atoms with Gasteiger partial charge >= 0.3 is 5.97 Å². The van der Waals surface area contributed by atoms with Crippen LogP contribution >= 0.6 is 0 Å². The fourth-order valence-electron chi connectivity index (χ4n) is 1.57. The minimum absolute atomic E-state index is 0.00776. The van der Waals surface area contributed by atoms with Crippen molar-refractivity contribution in [3.05, 3.63) is 0 Å². The van der Waals surface area contributed by atoms with Crippen LogP contribution in [0, 0.1) is 11.3 Å². The van der Waals surface area contributed by atoms with Crippen molar-refractivity contribution in [3.63, 3.8) is 0 Å². The molecule has 0 heterocycles. The Hall–Kier alpha value is -1.06. The molecule has 0 radical (unpaired) electrons. The van der Waals surface area contributed by atoms with Gasteiger partial charge in [-0.25, -0.2) is 0 Å². The normalized spacial score (nSPS) is 13.5. The molecule has 0 saturated carbocycles. The molecule has 0 aromatic rings. The van der Waals surface area contributed by atoms with E-state index < -0.39 is 5.97 Å². The van der Waals surface area contributed by atoms with Crippen molar-refractivity contribution >= 4 is 11.9 Å². The summed E-state index contributed by atoms with van der Waals surface area (Å²) >= 11 is 0. The van der Waals surface area contributed by atoms with Gasteiger partial charge < -0.3 is 10.0 Å². The SMILES string of the molecule is CC(C)N(CCC(=O)O)C(=O)CC(C)C(C)(C)C. The standard InChI is InChI=1S/C14H27NO3/c1-10(2)15(8-7-13(17)18)12(16)9-11(3)14(4,5)6/h10-11H,7-9H2,1-6H3,(H,17,18). The number of carbonyl (C=O) groups is 2. The molecule has 0 aromatic heterocycles. The summed E-state index contributed by atoms with van der Waals surface area (Å²) in [4.78, 5) is 24.4. The lowest BCUT2D eigenvalue weighted by atomic mass is 9.80. The molecule has 4 heteroatoms. The van der Waals surface area contributed by atoms with Crippen LogP contribution in [0.4, 0.5) is 0 Å². The number of hydrogen-bond donors (Lipinski definition) is 1. The van der Waals surface area contributed by atoms with Crippen molar-refractivity contribution in [2.45, 2.75) is 60.4 Å². The lowest BCUT2D eigenvalue weighted by molar-refractivity contribution is -0.139. The van der Waals surface area contributed by atoms with Crippen LogP contribution in [0.3, 0.4) is 0 Å². The Balaban J connectivity index is 4.53. The highest BCUT2D eigenvalue weighted by Gasteiger charge is 2.26. The highest BCUT2D eigenvalue weighted by atomic mass is 16.4. The lowest BCUT2D eigenvalue weighted by Crippen LogP contribution is -2.40. The van der Waals surface area contributed by atoms with Crippen molar-refractivity contribution in [2.75, 3.05) is 6.54 Å². The molecule has 0 aliphatic carbocycles. The molecule has 0 fully saturated rings. The Morgan fingerprint density at radius 2 is 1.67 bits per heavy atom. The third kappa shape index (κ3) is 6.03. The Bertz CT molecular complexity index is 292. The van der Waals surface area contributed by atoms with Gasteiger partial charge in [-0.3, -0.25) is 9.59 Å². The van der Waals surface area contributed by atoms with Gasteiger partial charge in [0.25, 0.3) is 0 Å². The molecule has 0 bridgehead atoms. The molecule has 1 unspecified atom stereocenters. The van der Waals surface area contributed by atoms with Crippen LogP contribution in [0.1, 0.15) is 54.4 Å². The first kappa shape index (κ1) is 16.9. The molecule has 4 nitrogen and oxygen atoms in total. The van der Waals surface area contributed by atoms with Crippen LogP contribution in [0.25, 0.3) is 0 Å². The monoisotopic (exact) mass is 257 g/mol. The summed E-state index contributed by atoms with van der Waals surface area (Å²) in [5.41, 5.74) is 0.0884. The zero-order valence-electron chi connectivity index (χ0n) is 12.5. The van der Waals surface area contributed by atoms with E-state index >= 15 is 0 Å². The second-order valence-corrected chi connectivity index (χ2v) is 6.30. The minimum Gasteiger partial charge on any atom is -0.481 e. The number of hydrogen-bond acceptors (Lipinski definition) is 2. The summed E-state index contributed by atoms with van der Waals surface area (Å²) in [5, 5.41) is 8.70. The van der Waals surface area contributed by atoms with Crippen molar-refractivity contribution in [3.8, 4) is 0 Å². The molecule has 106 valence electrons. The van der Waals surface area contributed by atoms with Gasteiger partial charge in [-0.05, 0) is 25.2 Å². The van der Waals surface area contributed by atoms with E-state index in [0.29, 0.717) is 13.0 Å². The molecular weight excluding hydrogens is 230 g/mol. The molecule has 0 saturated heterocycles. The fraction of sp³-hybridized carbons (Fsp3) is 0.857. The van der Waals surface area contributed by atoms with E-state index in [1.807, 2.05) is 13.8 Å². The second kappa shape index (κ2) is 6.76. The van der Waals surface area contributed by atoms with Crippen LogP contribution in [0.5, 0.6) is 0 Å². The maximum Gasteiger partial charge on any atom is 0.305 e. The smallest absolute Gasteiger partial charge is 0.305 e. The molecule has 0 rings (SSSR count). The van der Waals surface area contributed by atoms with Gasteiger partial charge in [0.2, 0.25) is 5.91 Å². The summed E-state index contributed by atoms with van der Waals surface area (Å²) in [6.45, 7) is 12.5. The van der Waals surface area contributed by atoms with Crippen molar-refractivity contribution < 1.29 is 14.7 Å². The zero-order chi connectivity index (χ0) is 14.5. The molecule has 1 N–H and O–H groups in total. The lowest BCUT2D eigenvalue weighted by Gasteiger charge is -2.31. The molecule has 0 aromatic carbocycles. The van der Waals surface area contributed by atoms with Crippen LogP contribution in [-0.2, 0) is 9.59 Å². The first-order valence-electron chi connectivity index (χ1n) is 6.57. The summed E-state index contributed by atoms with van der Waals surface area (Å²) in [5.74, 6) is -0.540. The zero-order valence-corrected chi connectivity index (χ0v) is 12.5. The molecular formula is C14H27NO3. The van der Waals surface area contributed by atoms with Crippen LogP contribution in [0.15, 0.2) is 0 Å². The van der Waals surface area contributed by atoms with E-state index in [-0.39, 0.29) is 29.7 Å². The molecule has 1 atom stereocenters. The Morgan fingerprint density at radius 3 is 2.00 bits per heavy atom. The summed E-state index contributed by atoms with van der Waals surface area (Å²) in [7, 11) is 0. The molecule has 0 aliphatic rings. The number of rotatable bonds is 6. The van der Waals surface area contributed by atoms with E-state index in [0.717, 1.165) is 0 Å². The molecule has 0 spiro atoms. The van der Waals surface area contributed by atoms with E-state index in [2.05, 4.69) is 27.7 Å². The van der Waals surface area contributed by atoms with Crippen LogP contribution in [-0.4, -0.2) is 34.5 Å². The van der Waals surface area contributed by atoms with Gasteiger partial charge in [0.1, 0.15) is 0 Å². The number of carboxylic acid groups (broad SMARTS) is 1. The molecule has 18 heavy (non-hydrogen) atoms. The predicted octanol–water partition coefficient (Wildman–Crippen LogP) is 2.77. The third-order valence-corrected chi connectivity index (χ3v) is 3.47. The third-order valence-electron chi connectivity index (χ3n) is 3.47. The van der Waals surface area contributed by atoms with Crippen LogP contribution in [0.2, 0.25) is 0 Å². The number of aliphatic carboxylic acids is 1. The van der Waals surface area contributed by atoms with E-state index in [1.165, 1.54) is 0 Å². The second-order valence-electron chi connectivity index (χ2n) is 6.30. The van der Waals surface area contributed by atoms with Gasteiger partial charge in [0, 0.05) is 19.0 Å². The van der Waals surface area contributed by atoms with Crippen molar-refractivity contribution in [1.29, 1.82) is 0 Å². The first-order chi connectivity index (χ1) is 8.05. The summed E-state index contributed by atoms with van der Waals surface area (Å²) in [6.07, 6.45) is 0.481. The molecule has 1 amide bonds. The average Bonchev–Trinajstić information content (AvgIpc) is 2.14. The van der Waals surface area contributed by atoms with Crippen molar-refractivity contribution in [2.24, 2.45) is 11.3 Å². The maximum absolute atomic E-state index is 12.2. The van der Waals surface area contributed by atoms with E-state index in [1.54, 1.807) is 4.90 Å².